The third-order valence-corrected chi connectivity index (χ3v) is 2.67. The first kappa shape index (κ1) is 10.2. The molecule has 3 N–H and O–H groups in total. The summed E-state index contributed by atoms with van der Waals surface area (Å²) in [4.78, 5) is 0. The maximum Gasteiger partial charge on any atom is 0.125 e. The van der Waals surface area contributed by atoms with Crippen LogP contribution in [-0.4, -0.2) is 18.8 Å². The number of hydrogen-bond donors (Lipinski definition) is 2. The van der Waals surface area contributed by atoms with Crippen molar-refractivity contribution in [3.8, 4) is 0 Å². The highest BCUT2D eigenvalue weighted by Gasteiger charge is 2.29. The molecule has 1 unspecified atom stereocenters. The molecule has 1 saturated heterocycles. The molecule has 1 aromatic rings. The molecule has 3 nitrogen and oxygen atoms in total. The van der Waals surface area contributed by atoms with Crippen LogP contribution < -0.4 is 11.1 Å². The maximum atomic E-state index is 13.0. The smallest absolute Gasteiger partial charge is 0.125 e. The molecule has 1 heterocycles. The van der Waals surface area contributed by atoms with E-state index in [2.05, 4.69) is 5.32 Å². The number of nitrogens with two attached hydrogens (primary N) is 1. The maximum absolute atomic E-state index is 13.0. The molecule has 0 radical (unpaired) electrons. The lowest BCUT2D eigenvalue weighted by molar-refractivity contribution is 0.185. The lowest BCUT2D eigenvalue weighted by atomic mass is 10.0. The van der Waals surface area contributed by atoms with Gasteiger partial charge >= 0.3 is 0 Å². The number of anilines is 2. The molecule has 1 aliphatic rings. The normalized spacial score (nSPS) is 25.5. The van der Waals surface area contributed by atoms with Gasteiger partial charge < -0.3 is 15.8 Å². The second-order valence-electron chi connectivity index (χ2n) is 4.22. The first-order valence-corrected chi connectivity index (χ1v) is 5.00. The Kier molecular flexibility index (Phi) is 2.52. The van der Waals surface area contributed by atoms with Gasteiger partial charge in [-0.15, -0.1) is 0 Å². The number of benzene rings is 1. The molecule has 1 aromatic carbocycles. The van der Waals surface area contributed by atoms with Crippen LogP contribution in [0.5, 0.6) is 0 Å². The average Bonchev–Trinajstić information content (AvgIpc) is 2.59. The summed E-state index contributed by atoms with van der Waals surface area (Å²) in [5.74, 6) is -0.283. The highest BCUT2D eigenvalue weighted by Crippen LogP contribution is 2.27. The molecule has 0 aromatic heterocycles. The van der Waals surface area contributed by atoms with Crippen molar-refractivity contribution in [2.45, 2.75) is 18.9 Å². The molecule has 2 rings (SSSR count). The zero-order valence-electron chi connectivity index (χ0n) is 8.72. The molecule has 0 spiro atoms. The van der Waals surface area contributed by atoms with Crippen molar-refractivity contribution in [1.29, 1.82) is 0 Å². The summed E-state index contributed by atoms with van der Waals surface area (Å²) in [6.45, 7) is 3.41. The van der Waals surface area contributed by atoms with Gasteiger partial charge in [-0.1, -0.05) is 0 Å². The van der Waals surface area contributed by atoms with Gasteiger partial charge in [-0.25, -0.2) is 4.39 Å². The Morgan fingerprint density at radius 3 is 3.00 bits per heavy atom. The SMILES string of the molecule is CC1(Nc2cc(F)ccc2N)CCOC1. The standard InChI is InChI=1S/C11H15FN2O/c1-11(4-5-15-7-11)14-10-6-8(12)2-3-9(10)13/h2-3,6,14H,4-5,7,13H2,1H3. The van der Waals surface area contributed by atoms with Crippen LogP contribution in [0.25, 0.3) is 0 Å². The Morgan fingerprint density at radius 2 is 2.33 bits per heavy atom. The topological polar surface area (TPSA) is 47.3 Å². The van der Waals surface area contributed by atoms with Gasteiger partial charge in [-0.05, 0) is 31.5 Å². The average molecular weight is 210 g/mol. The van der Waals surface area contributed by atoms with Gasteiger partial charge in [0.05, 0.1) is 23.5 Å². The van der Waals surface area contributed by atoms with E-state index in [4.69, 9.17) is 10.5 Å². The van der Waals surface area contributed by atoms with Crippen molar-refractivity contribution < 1.29 is 9.13 Å². The lowest BCUT2D eigenvalue weighted by Gasteiger charge is -2.25. The van der Waals surface area contributed by atoms with E-state index < -0.39 is 0 Å². The number of nitrogens with one attached hydrogen (secondary N) is 1. The summed E-state index contributed by atoms with van der Waals surface area (Å²) in [6.07, 6.45) is 0.906. The molecule has 4 heteroatoms. The largest absolute Gasteiger partial charge is 0.397 e. The fraction of sp³-hybridized carbons (Fsp3) is 0.455. The molecule has 0 saturated carbocycles. The first-order valence-electron chi connectivity index (χ1n) is 5.00. The van der Waals surface area contributed by atoms with E-state index in [0.29, 0.717) is 18.0 Å². The minimum atomic E-state index is -0.283. The fourth-order valence-electron chi connectivity index (χ4n) is 1.73. The van der Waals surface area contributed by atoms with Gasteiger partial charge in [0.1, 0.15) is 5.82 Å². The fourth-order valence-corrected chi connectivity index (χ4v) is 1.73. The van der Waals surface area contributed by atoms with E-state index in [1.165, 1.54) is 12.1 Å². The van der Waals surface area contributed by atoms with E-state index in [1.807, 2.05) is 6.92 Å². The first-order chi connectivity index (χ1) is 7.09. The van der Waals surface area contributed by atoms with E-state index >= 15 is 0 Å². The summed E-state index contributed by atoms with van der Waals surface area (Å²) in [5.41, 5.74) is 6.82. The summed E-state index contributed by atoms with van der Waals surface area (Å²) >= 11 is 0. The zero-order chi connectivity index (χ0) is 10.9. The number of rotatable bonds is 2. The quantitative estimate of drug-likeness (QED) is 0.734. The Morgan fingerprint density at radius 1 is 1.53 bits per heavy atom. The Labute approximate surface area is 88.4 Å². The van der Waals surface area contributed by atoms with Crippen LogP contribution in [0.1, 0.15) is 13.3 Å². The number of nitrogen functional groups attached to an aromatic ring is 1. The predicted octanol–water partition coefficient (Wildman–Crippen LogP) is 2.00. The summed E-state index contributed by atoms with van der Waals surface area (Å²) in [6, 6.07) is 4.34. The molecular formula is C11H15FN2O. The third-order valence-electron chi connectivity index (χ3n) is 2.67. The molecule has 0 amide bonds. The molecule has 0 bridgehead atoms. The Hall–Kier alpha value is -1.29. The van der Waals surface area contributed by atoms with E-state index in [1.54, 1.807) is 6.07 Å². The van der Waals surface area contributed by atoms with E-state index in [9.17, 15) is 4.39 Å². The number of hydrogen-bond acceptors (Lipinski definition) is 3. The van der Waals surface area contributed by atoms with Gasteiger partial charge in [-0.3, -0.25) is 0 Å². The summed E-state index contributed by atoms with van der Waals surface area (Å²) in [7, 11) is 0. The van der Waals surface area contributed by atoms with Crippen LogP contribution in [0.15, 0.2) is 18.2 Å². The Bertz CT molecular complexity index is 362. The van der Waals surface area contributed by atoms with Crippen LogP contribution >= 0.6 is 0 Å². The van der Waals surface area contributed by atoms with Crippen molar-refractivity contribution in [2.24, 2.45) is 0 Å². The molecule has 1 fully saturated rings. The molecule has 1 aliphatic heterocycles. The van der Waals surface area contributed by atoms with Crippen molar-refractivity contribution in [2.75, 3.05) is 24.3 Å². The van der Waals surface area contributed by atoms with Gasteiger partial charge in [0.2, 0.25) is 0 Å². The predicted molar refractivity (Wildman–Crippen MR) is 58.3 cm³/mol. The second kappa shape index (κ2) is 3.70. The van der Waals surface area contributed by atoms with E-state index in [-0.39, 0.29) is 11.4 Å². The molecule has 15 heavy (non-hydrogen) atoms. The minimum Gasteiger partial charge on any atom is -0.397 e. The molecule has 82 valence electrons. The summed E-state index contributed by atoms with van der Waals surface area (Å²) < 4.78 is 18.3. The molecule has 0 aliphatic carbocycles. The molecule has 1 atom stereocenters. The summed E-state index contributed by atoms with van der Waals surface area (Å²) in [5, 5.41) is 3.24. The molecular weight excluding hydrogens is 195 g/mol. The van der Waals surface area contributed by atoms with E-state index in [0.717, 1.165) is 13.0 Å². The second-order valence-corrected chi connectivity index (χ2v) is 4.22. The van der Waals surface area contributed by atoms with Gasteiger partial charge in [0, 0.05) is 6.61 Å². The highest BCUT2D eigenvalue weighted by molar-refractivity contribution is 5.66. The van der Waals surface area contributed by atoms with Gasteiger partial charge in [0.15, 0.2) is 0 Å². The van der Waals surface area contributed by atoms with Crippen LogP contribution in [0, 0.1) is 5.82 Å². The zero-order valence-corrected chi connectivity index (χ0v) is 8.72. The third kappa shape index (κ3) is 2.21. The van der Waals surface area contributed by atoms with Crippen LogP contribution in [0.3, 0.4) is 0 Å². The van der Waals surface area contributed by atoms with Crippen LogP contribution in [0.2, 0.25) is 0 Å². The monoisotopic (exact) mass is 210 g/mol. The van der Waals surface area contributed by atoms with Crippen molar-refractivity contribution in [3.05, 3.63) is 24.0 Å². The lowest BCUT2D eigenvalue weighted by Crippen LogP contribution is -2.35. The van der Waals surface area contributed by atoms with Gasteiger partial charge in [-0.2, -0.15) is 0 Å². The number of ether oxygens (including phenoxy) is 1. The van der Waals surface area contributed by atoms with Crippen LogP contribution in [-0.2, 0) is 4.74 Å². The minimum absolute atomic E-state index is 0.137. The van der Waals surface area contributed by atoms with Crippen molar-refractivity contribution in [3.63, 3.8) is 0 Å². The van der Waals surface area contributed by atoms with Crippen LogP contribution in [0.4, 0.5) is 15.8 Å². The number of halogens is 1. The van der Waals surface area contributed by atoms with Crippen molar-refractivity contribution >= 4 is 11.4 Å². The van der Waals surface area contributed by atoms with Crippen molar-refractivity contribution in [1.82, 2.24) is 0 Å². The van der Waals surface area contributed by atoms with Gasteiger partial charge in [0.25, 0.3) is 0 Å². The highest BCUT2D eigenvalue weighted by atomic mass is 19.1. The Balaban J connectivity index is 2.19.